The molecule has 4 heteroatoms. The highest BCUT2D eigenvalue weighted by atomic mass is 16.7. The van der Waals surface area contributed by atoms with Crippen molar-refractivity contribution in [3.63, 3.8) is 0 Å². The highest BCUT2D eigenvalue weighted by Gasteiger charge is 2.20. The SMILES string of the molecule is CCOC(OCC)c1nc2ccccc2n1CC=C(C)C. The van der Waals surface area contributed by atoms with Gasteiger partial charge >= 0.3 is 0 Å². The molecule has 0 saturated heterocycles. The molecule has 0 unspecified atom stereocenters. The number of aromatic nitrogens is 2. The molecule has 0 spiro atoms. The van der Waals surface area contributed by atoms with Crippen molar-refractivity contribution in [2.24, 2.45) is 0 Å². The van der Waals surface area contributed by atoms with Crippen LogP contribution in [-0.2, 0) is 16.0 Å². The Morgan fingerprint density at radius 1 is 1.19 bits per heavy atom. The summed E-state index contributed by atoms with van der Waals surface area (Å²) in [5.74, 6) is 0.831. The van der Waals surface area contributed by atoms with Gasteiger partial charge < -0.3 is 14.0 Å². The maximum atomic E-state index is 5.72. The Bertz CT molecular complexity index is 606. The van der Waals surface area contributed by atoms with E-state index in [1.807, 2.05) is 32.0 Å². The second-order valence-electron chi connectivity index (χ2n) is 5.09. The van der Waals surface area contributed by atoms with E-state index in [1.54, 1.807) is 0 Å². The predicted octanol–water partition coefficient (Wildman–Crippen LogP) is 4.07. The van der Waals surface area contributed by atoms with E-state index in [0.29, 0.717) is 13.2 Å². The number of para-hydroxylation sites is 2. The van der Waals surface area contributed by atoms with E-state index >= 15 is 0 Å². The van der Waals surface area contributed by atoms with Crippen molar-refractivity contribution >= 4 is 11.0 Å². The van der Waals surface area contributed by atoms with Crippen LogP contribution in [0.3, 0.4) is 0 Å². The molecule has 0 aliphatic rings. The topological polar surface area (TPSA) is 36.3 Å². The smallest absolute Gasteiger partial charge is 0.217 e. The van der Waals surface area contributed by atoms with E-state index in [9.17, 15) is 0 Å². The number of rotatable bonds is 7. The highest BCUT2D eigenvalue weighted by molar-refractivity contribution is 5.76. The highest BCUT2D eigenvalue weighted by Crippen LogP contribution is 2.24. The molecule has 0 radical (unpaired) electrons. The van der Waals surface area contributed by atoms with Crippen LogP contribution in [0.5, 0.6) is 0 Å². The normalized spacial score (nSPS) is 11.3. The van der Waals surface area contributed by atoms with E-state index < -0.39 is 6.29 Å². The van der Waals surface area contributed by atoms with Crippen LogP contribution in [-0.4, -0.2) is 22.8 Å². The second-order valence-corrected chi connectivity index (χ2v) is 5.09. The van der Waals surface area contributed by atoms with Gasteiger partial charge in [-0.2, -0.15) is 0 Å². The Morgan fingerprint density at radius 2 is 1.86 bits per heavy atom. The molecule has 1 heterocycles. The van der Waals surface area contributed by atoms with Crippen LogP contribution in [0.4, 0.5) is 0 Å². The van der Waals surface area contributed by atoms with Gasteiger partial charge in [-0.3, -0.25) is 0 Å². The number of fused-ring (bicyclic) bond motifs is 1. The summed E-state index contributed by atoms with van der Waals surface area (Å²) in [4.78, 5) is 4.71. The van der Waals surface area contributed by atoms with Crippen molar-refractivity contribution in [2.75, 3.05) is 13.2 Å². The molecular formula is C17H24N2O2. The third kappa shape index (κ3) is 3.71. The zero-order valence-corrected chi connectivity index (χ0v) is 13.3. The van der Waals surface area contributed by atoms with Gasteiger partial charge in [0.25, 0.3) is 0 Å². The van der Waals surface area contributed by atoms with Crippen LogP contribution in [0.15, 0.2) is 35.9 Å². The average molecular weight is 288 g/mol. The Morgan fingerprint density at radius 3 is 2.48 bits per heavy atom. The zero-order chi connectivity index (χ0) is 15.2. The quantitative estimate of drug-likeness (QED) is 0.569. The number of hydrogen-bond acceptors (Lipinski definition) is 3. The molecule has 0 aliphatic heterocycles. The Balaban J connectivity index is 2.49. The molecular weight excluding hydrogens is 264 g/mol. The number of imidazole rings is 1. The fourth-order valence-corrected chi connectivity index (χ4v) is 2.24. The van der Waals surface area contributed by atoms with E-state index in [-0.39, 0.29) is 0 Å². The monoisotopic (exact) mass is 288 g/mol. The Kier molecular flexibility index (Phi) is 5.53. The molecule has 0 bridgehead atoms. The number of hydrogen-bond donors (Lipinski definition) is 0. The van der Waals surface area contributed by atoms with Gasteiger partial charge in [-0.1, -0.05) is 23.8 Å². The summed E-state index contributed by atoms with van der Waals surface area (Å²) in [7, 11) is 0. The molecule has 0 amide bonds. The van der Waals surface area contributed by atoms with Crippen molar-refractivity contribution < 1.29 is 9.47 Å². The summed E-state index contributed by atoms with van der Waals surface area (Å²) in [5.41, 5.74) is 3.36. The molecule has 4 nitrogen and oxygen atoms in total. The van der Waals surface area contributed by atoms with E-state index in [0.717, 1.165) is 23.4 Å². The van der Waals surface area contributed by atoms with E-state index in [1.165, 1.54) is 5.57 Å². The first-order chi connectivity index (χ1) is 10.2. The lowest BCUT2D eigenvalue weighted by Crippen LogP contribution is -2.15. The summed E-state index contributed by atoms with van der Waals surface area (Å²) in [6, 6.07) is 8.14. The van der Waals surface area contributed by atoms with Crippen LogP contribution in [0.25, 0.3) is 11.0 Å². The van der Waals surface area contributed by atoms with Crippen LogP contribution in [0.2, 0.25) is 0 Å². The predicted molar refractivity (Wildman–Crippen MR) is 85.2 cm³/mol. The summed E-state index contributed by atoms with van der Waals surface area (Å²) in [5, 5.41) is 0. The third-order valence-electron chi connectivity index (χ3n) is 3.21. The van der Waals surface area contributed by atoms with Crippen LogP contribution in [0, 0.1) is 0 Å². The number of nitrogens with zero attached hydrogens (tertiary/aromatic N) is 2. The van der Waals surface area contributed by atoms with Crippen molar-refractivity contribution in [3.05, 3.63) is 41.7 Å². The fourth-order valence-electron chi connectivity index (χ4n) is 2.24. The van der Waals surface area contributed by atoms with Crippen molar-refractivity contribution in [2.45, 2.75) is 40.5 Å². The van der Waals surface area contributed by atoms with Crippen LogP contribution < -0.4 is 0 Å². The molecule has 0 N–H and O–H groups in total. The average Bonchev–Trinajstić information content (AvgIpc) is 2.83. The fraction of sp³-hybridized carbons (Fsp3) is 0.471. The first-order valence-corrected chi connectivity index (χ1v) is 7.49. The largest absolute Gasteiger partial charge is 0.346 e. The van der Waals surface area contributed by atoms with E-state index in [4.69, 9.17) is 14.5 Å². The van der Waals surface area contributed by atoms with Gasteiger partial charge in [0.1, 0.15) is 0 Å². The summed E-state index contributed by atoms with van der Waals surface area (Å²) in [6.07, 6.45) is 1.77. The standard InChI is InChI=1S/C17H24N2O2/c1-5-20-17(21-6-2)16-18-14-9-7-8-10-15(14)19(16)12-11-13(3)4/h7-11,17H,5-6,12H2,1-4H3. The molecule has 0 aliphatic carbocycles. The molecule has 0 saturated carbocycles. The summed E-state index contributed by atoms with van der Waals surface area (Å²) in [6.45, 7) is 10.1. The van der Waals surface area contributed by atoms with E-state index in [2.05, 4.69) is 30.6 Å². The lowest BCUT2D eigenvalue weighted by Gasteiger charge is -2.17. The lowest BCUT2D eigenvalue weighted by molar-refractivity contribution is -0.146. The zero-order valence-electron chi connectivity index (χ0n) is 13.3. The first-order valence-electron chi connectivity index (χ1n) is 7.49. The van der Waals surface area contributed by atoms with Crippen molar-refractivity contribution in [1.82, 2.24) is 9.55 Å². The van der Waals surface area contributed by atoms with Gasteiger partial charge in [0, 0.05) is 19.8 Å². The van der Waals surface area contributed by atoms with Gasteiger partial charge in [-0.25, -0.2) is 4.98 Å². The van der Waals surface area contributed by atoms with Crippen LogP contribution in [0.1, 0.15) is 39.8 Å². The molecule has 2 rings (SSSR count). The van der Waals surface area contributed by atoms with Crippen LogP contribution >= 0.6 is 0 Å². The molecule has 1 aromatic heterocycles. The number of benzene rings is 1. The molecule has 0 atom stereocenters. The number of ether oxygens (including phenoxy) is 2. The molecule has 1 aromatic carbocycles. The lowest BCUT2D eigenvalue weighted by atomic mass is 10.3. The maximum Gasteiger partial charge on any atom is 0.217 e. The molecule has 2 aromatic rings. The van der Waals surface area contributed by atoms with Crippen molar-refractivity contribution in [3.8, 4) is 0 Å². The van der Waals surface area contributed by atoms with Gasteiger partial charge in [0.2, 0.25) is 6.29 Å². The number of allylic oxidation sites excluding steroid dienone is 2. The first kappa shape index (κ1) is 15.7. The minimum atomic E-state index is -0.419. The molecule has 0 fully saturated rings. The van der Waals surface area contributed by atoms with Crippen molar-refractivity contribution in [1.29, 1.82) is 0 Å². The Labute approximate surface area is 126 Å². The maximum absolute atomic E-state index is 5.72. The van der Waals surface area contributed by atoms with Gasteiger partial charge in [0.05, 0.1) is 11.0 Å². The third-order valence-corrected chi connectivity index (χ3v) is 3.21. The summed E-state index contributed by atoms with van der Waals surface area (Å²) >= 11 is 0. The Hall–Kier alpha value is -1.65. The van der Waals surface area contributed by atoms with Gasteiger partial charge in [0.15, 0.2) is 5.82 Å². The van der Waals surface area contributed by atoms with Gasteiger partial charge in [-0.15, -0.1) is 0 Å². The minimum absolute atomic E-state index is 0.419. The minimum Gasteiger partial charge on any atom is -0.346 e. The molecule has 114 valence electrons. The second kappa shape index (κ2) is 7.38. The molecule has 21 heavy (non-hydrogen) atoms. The summed E-state index contributed by atoms with van der Waals surface area (Å²) < 4.78 is 13.6. The van der Waals surface area contributed by atoms with Gasteiger partial charge in [-0.05, 0) is 39.8 Å².